The molecule has 0 radical (unpaired) electrons. The van der Waals surface area contributed by atoms with Gasteiger partial charge in [0.2, 0.25) is 0 Å². The van der Waals surface area contributed by atoms with Gasteiger partial charge < -0.3 is 5.32 Å². The molecule has 1 aromatic heterocycles. The maximum absolute atomic E-state index is 4.76. The second kappa shape index (κ2) is 5.72. The molecule has 2 saturated carbocycles. The number of pyridine rings is 1. The summed E-state index contributed by atoms with van der Waals surface area (Å²) in [5.74, 6) is 3.61. The lowest BCUT2D eigenvalue weighted by Gasteiger charge is -2.35. The number of aromatic nitrogens is 1. The highest BCUT2D eigenvalue weighted by molar-refractivity contribution is 5.30. The van der Waals surface area contributed by atoms with Crippen LogP contribution in [0.3, 0.4) is 0 Å². The molecule has 0 spiro atoms. The summed E-state index contributed by atoms with van der Waals surface area (Å²) in [6.45, 7) is 3.45. The molecule has 1 aromatic rings. The molecule has 1 N–H and O–H groups in total. The van der Waals surface area contributed by atoms with Crippen LogP contribution in [0, 0.1) is 17.8 Å². The van der Waals surface area contributed by atoms with Crippen molar-refractivity contribution < 1.29 is 0 Å². The van der Waals surface area contributed by atoms with Crippen LogP contribution in [-0.4, -0.2) is 17.6 Å². The molecular formula is C19H28N2. The lowest BCUT2D eigenvalue weighted by molar-refractivity contribution is 0.219. The van der Waals surface area contributed by atoms with Crippen LogP contribution in [-0.2, 0) is 6.42 Å². The van der Waals surface area contributed by atoms with Crippen LogP contribution in [0.1, 0.15) is 62.6 Å². The van der Waals surface area contributed by atoms with E-state index in [1.165, 1.54) is 56.2 Å². The van der Waals surface area contributed by atoms with Crippen LogP contribution in [0.2, 0.25) is 0 Å². The normalized spacial score (nSPS) is 35.1. The summed E-state index contributed by atoms with van der Waals surface area (Å²) in [6.07, 6.45) is 11.7. The third-order valence-electron chi connectivity index (χ3n) is 6.32. The van der Waals surface area contributed by atoms with Gasteiger partial charge >= 0.3 is 0 Å². The molecule has 0 aliphatic heterocycles. The Balaban J connectivity index is 1.58. The van der Waals surface area contributed by atoms with Gasteiger partial charge in [-0.05, 0) is 74.5 Å². The lowest BCUT2D eigenvalue weighted by Crippen LogP contribution is -2.43. The smallest absolute Gasteiger partial charge is 0.0482 e. The van der Waals surface area contributed by atoms with Crippen molar-refractivity contribution in [1.29, 1.82) is 0 Å². The molecule has 0 amide bonds. The van der Waals surface area contributed by atoms with E-state index < -0.39 is 0 Å². The Bertz CT molecular complexity index is 498. The molecule has 2 heteroatoms. The summed E-state index contributed by atoms with van der Waals surface area (Å²) in [5.41, 5.74) is 2.92. The van der Waals surface area contributed by atoms with E-state index in [2.05, 4.69) is 24.4 Å². The van der Waals surface area contributed by atoms with E-state index >= 15 is 0 Å². The summed E-state index contributed by atoms with van der Waals surface area (Å²) in [5, 5.41) is 3.94. The standard InChI is InChI=1S/C19H28N2/c1-2-9-20-19(17-12-13-5-6-15(17)11-13)16-8-7-14-4-3-10-21-18(14)16/h3-4,10,13,15-17,19-20H,2,5-9,11-12H2,1H3. The van der Waals surface area contributed by atoms with Gasteiger partial charge in [-0.3, -0.25) is 4.98 Å². The van der Waals surface area contributed by atoms with E-state index in [-0.39, 0.29) is 0 Å². The highest BCUT2D eigenvalue weighted by Gasteiger charge is 2.46. The number of hydrogen-bond acceptors (Lipinski definition) is 2. The van der Waals surface area contributed by atoms with Crippen LogP contribution < -0.4 is 5.32 Å². The van der Waals surface area contributed by atoms with Crippen molar-refractivity contribution in [2.45, 2.75) is 63.8 Å². The molecule has 2 fully saturated rings. The Morgan fingerprint density at radius 2 is 2.24 bits per heavy atom. The third kappa shape index (κ3) is 2.42. The molecule has 2 bridgehead atoms. The minimum atomic E-state index is 0.664. The fourth-order valence-electron chi connectivity index (χ4n) is 5.43. The molecular weight excluding hydrogens is 256 g/mol. The lowest BCUT2D eigenvalue weighted by atomic mass is 9.77. The Labute approximate surface area is 128 Å². The molecule has 3 aliphatic carbocycles. The van der Waals surface area contributed by atoms with Crippen molar-refractivity contribution in [2.24, 2.45) is 17.8 Å². The molecule has 114 valence electrons. The largest absolute Gasteiger partial charge is 0.313 e. The molecule has 1 heterocycles. The minimum Gasteiger partial charge on any atom is -0.313 e. The van der Waals surface area contributed by atoms with Crippen molar-refractivity contribution in [3.8, 4) is 0 Å². The number of nitrogens with one attached hydrogen (secondary N) is 1. The average molecular weight is 284 g/mol. The first-order chi connectivity index (χ1) is 10.4. The molecule has 21 heavy (non-hydrogen) atoms. The van der Waals surface area contributed by atoms with Gasteiger partial charge in [-0.1, -0.05) is 19.4 Å². The highest BCUT2D eigenvalue weighted by atomic mass is 14.9. The number of aryl methyl sites for hydroxylation is 1. The number of rotatable bonds is 5. The summed E-state index contributed by atoms with van der Waals surface area (Å²) in [7, 11) is 0. The number of hydrogen-bond donors (Lipinski definition) is 1. The Hall–Kier alpha value is -0.890. The van der Waals surface area contributed by atoms with Crippen LogP contribution in [0.25, 0.3) is 0 Å². The highest BCUT2D eigenvalue weighted by Crippen LogP contribution is 2.52. The SMILES string of the molecule is CCCNC(C1CCc2cccnc21)C1CC2CCC1C2. The number of fused-ring (bicyclic) bond motifs is 3. The first kappa shape index (κ1) is 13.8. The number of nitrogens with zero attached hydrogens (tertiary/aromatic N) is 1. The second-order valence-corrected chi connectivity index (χ2v) is 7.51. The molecule has 0 saturated heterocycles. The van der Waals surface area contributed by atoms with Gasteiger partial charge in [-0.25, -0.2) is 0 Å². The quantitative estimate of drug-likeness (QED) is 0.886. The molecule has 5 atom stereocenters. The van der Waals surface area contributed by atoms with Crippen molar-refractivity contribution in [2.75, 3.05) is 6.54 Å². The average Bonchev–Trinajstić information content (AvgIpc) is 3.23. The van der Waals surface area contributed by atoms with Gasteiger partial charge in [0.1, 0.15) is 0 Å². The van der Waals surface area contributed by atoms with Crippen molar-refractivity contribution in [3.63, 3.8) is 0 Å². The van der Waals surface area contributed by atoms with E-state index in [1.54, 1.807) is 0 Å². The van der Waals surface area contributed by atoms with Gasteiger partial charge in [0, 0.05) is 23.9 Å². The molecule has 0 aromatic carbocycles. The summed E-state index contributed by atoms with van der Waals surface area (Å²) in [4.78, 5) is 4.76. The Morgan fingerprint density at radius 3 is 3.00 bits per heavy atom. The maximum atomic E-state index is 4.76. The third-order valence-corrected chi connectivity index (χ3v) is 6.32. The van der Waals surface area contributed by atoms with Crippen molar-refractivity contribution >= 4 is 0 Å². The predicted octanol–water partition coefficient (Wildman–Crippen LogP) is 3.92. The van der Waals surface area contributed by atoms with Gasteiger partial charge in [-0.15, -0.1) is 0 Å². The van der Waals surface area contributed by atoms with E-state index in [0.29, 0.717) is 12.0 Å². The predicted molar refractivity (Wildman–Crippen MR) is 86.3 cm³/mol. The minimum absolute atomic E-state index is 0.664. The summed E-state index contributed by atoms with van der Waals surface area (Å²) >= 11 is 0. The first-order valence-electron chi connectivity index (χ1n) is 9.04. The monoisotopic (exact) mass is 284 g/mol. The fraction of sp³-hybridized carbons (Fsp3) is 0.737. The zero-order chi connectivity index (χ0) is 14.2. The fourth-order valence-corrected chi connectivity index (χ4v) is 5.43. The van der Waals surface area contributed by atoms with Crippen LogP contribution in [0.5, 0.6) is 0 Å². The molecule has 4 rings (SSSR count). The topological polar surface area (TPSA) is 24.9 Å². The second-order valence-electron chi connectivity index (χ2n) is 7.51. The first-order valence-corrected chi connectivity index (χ1v) is 9.04. The maximum Gasteiger partial charge on any atom is 0.0482 e. The molecule has 2 nitrogen and oxygen atoms in total. The van der Waals surface area contributed by atoms with E-state index in [1.807, 2.05) is 6.20 Å². The molecule has 3 aliphatic rings. The van der Waals surface area contributed by atoms with Gasteiger partial charge in [0.05, 0.1) is 0 Å². The van der Waals surface area contributed by atoms with Crippen molar-refractivity contribution in [1.82, 2.24) is 10.3 Å². The van der Waals surface area contributed by atoms with E-state index in [0.717, 1.165) is 24.3 Å². The van der Waals surface area contributed by atoms with Gasteiger partial charge in [0.15, 0.2) is 0 Å². The molecule has 5 unspecified atom stereocenters. The zero-order valence-corrected chi connectivity index (χ0v) is 13.2. The Morgan fingerprint density at radius 1 is 1.29 bits per heavy atom. The van der Waals surface area contributed by atoms with Crippen LogP contribution in [0.15, 0.2) is 18.3 Å². The van der Waals surface area contributed by atoms with E-state index in [9.17, 15) is 0 Å². The van der Waals surface area contributed by atoms with Crippen LogP contribution >= 0.6 is 0 Å². The summed E-state index contributed by atoms with van der Waals surface area (Å²) in [6, 6.07) is 5.07. The van der Waals surface area contributed by atoms with Gasteiger partial charge in [0.25, 0.3) is 0 Å². The zero-order valence-electron chi connectivity index (χ0n) is 13.2. The van der Waals surface area contributed by atoms with Crippen molar-refractivity contribution in [3.05, 3.63) is 29.6 Å². The Kier molecular flexibility index (Phi) is 3.74. The van der Waals surface area contributed by atoms with Crippen LogP contribution in [0.4, 0.5) is 0 Å². The summed E-state index contributed by atoms with van der Waals surface area (Å²) < 4.78 is 0. The van der Waals surface area contributed by atoms with E-state index in [4.69, 9.17) is 4.98 Å². The van der Waals surface area contributed by atoms with Gasteiger partial charge in [-0.2, -0.15) is 0 Å².